The first-order chi connectivity index (χ1) is 72.5. The van der Waals surface area contributed by atoms with E-state index in [0.717, 1.165) is 78.2 Å². The van der Waals surface area contributed by atoms with E-state index in [1.54, 1.807) is 12.5 Å². The number of hydrogen-bond donors (Lipinski definition) is 0. The van der Waals surface area contributed by atoms with Gasteiger partial charge < -0.3 is 0 Å². The molecule has 0 aliphatic carbocycles. The number of rotatable bonds is 9. The molecule has 0 spiro atoms. The molecule has 2 aliphatic heterocycles. The molecule has 11 heterocycles. The summed E-state index contributed by atoms with van der Waals surface area (Å²) in [6.45, 7) is 13.3. The summed E-state index contributed by atoms with van der Waals surface area (Å²) in [7, 11) is 0. The molecule has 0 saturated heterocycles. The zero-order chi connectivity index (χ0) is 99.0. The van der Waals surface area contributed by atoms with Crippen molar-refractivity contribution in [2.45, 2.75) is 41.5 Å². The van der Waals surface area contributed by atoms with E-state index in [9.17, 15) is 0 Å². The SMILES string of the molecule is Cc1ccc2c(c1)B(c1ccccc1)c1ccccc1B2c1ccccc1.Cc1cccc(B2c3ccccc3B(c3ccccc3)c3ccccc32)c1.Cc1ccnc(-n2c3ccccc3c3ccccc32)n1.Cc1cnc(-n2c3ccccc3c3ccccc32)nc1.Cc1nc(-n2c3ccccc3c3ccccc32)nc(-n2c3ccccc3c3ccccc32)n1.Cc1ncnc(-n2c3ccccc3c3ccccc32)n1. The fourth-order valence-corrected chi connectivity index (χ4v) is 22.1. The van der Waals surface area contributed by atoms with Crippen LogP contribution in [0.3, 0.4) is 0 Å². The first-order valence-electron chi connectivity index (χ1n) is 50.0. The van der Waals surface area contributed by atoms with Gasteiger partial charge in [0.1, 0.15) is 18.0 Å². The van der Waals surface area contributed by atoms with Gasteiger partial charge in [0.2, 0.25) is 56.6 Å². The van der Waals surface area contributed by atoms with E-state index in [2.05, 4.69) is 484 Å². The molecule has 18 aromatic carbocycles. The van der Waals surface area contributed by atoms with Crippen molar-refractivity contribution in [3.05, 3.63) is 514 Å². The molecule has 19 heteroatoms. The second kappa shape index (κ2) is 39.7. The predicted molar refractivity (Wildman–Crippen MR) is 614 cm³/mol. The molecule has 0 fully saturated rings. The second-order valence-corrected chi connectivity index (χ2v) is 37.6. The number of benzene rings is 18. The molecule has 9 aromatic heterocycles. The van der Waals surface area contributed by atoms with Crippen LogP contribution in [0.2, 0.25) is 0 Å². The summed E-state index contributed by atoms with van der Waals surface area (Å²) >= 11 is 0. The van der Waals surface area contributed by atoms with E-state index >= 15 is 0 Å². The summed E-state index contributed by atoms with van der Waals surface area (Å²) in [5.41, 5.74) is 32.6. The molecule has 2 aliphatic rings. The highest BCUT2D eigenvalue weighted by molar-refractivity contribution is 7.12. The third-order valence-electron chi connectivity index (χ3n) is 28.3. The van der Waals surface area contributed by atoms with Crippen LogP contribution in [-0.2, 0) is 0 Å². The lowest BCUT2D eigenvalue weighted by Crippen LogP contribution is -2.75. The molecule has 696 valence electrons. The van der Waals surface area contributed by atoms with Crippen LogP contribution in [0.4, 0.5) is 0 Å². The van der Waals surface area contributed by atoms with Gasteiger partial charge in [-0.25, -0.2) is 29.9 Å². The van der Waals surface area contributed by atoms with Gasteiger partial charge in [-0.1, -0.05) is 465 Å². The largest absolute Gasteiger partial charge is 0.278 e. The average Bonchev–Trinajstić information content (AvgIpc) is 1.70. The second-order valence-electron chi connectivity index (χ2n) is 37.6. The van der Waals surface area contributed by atoms with Crippen molar-refractivity contribution in [2.24, 2.45) is 0 Å². The molecule has 0 N–H and O–H groups in total. The van der Waals surface area contributed by atoms with Crippen molar-refractivity contribution in [1.82, 2.24) is 72.7 Å². The summed E-state index contributed by atoms with van der Waals surface area (Å²) in [6.07, 6.45) is 7.07. The monoisotopic (exact) mass is 1890 g/mol. The Morgan fingerprint density at radius 1 is 0.170 bits per heavy atom. The fourth-order valence-electron chi connectivity index (χ4n) is 22.1. The lowest BCUT2D eigenvalue weighted by Gasteiger charge is -2.32. The topological polar surface area (TPSA) is 154 Å². The average molecular weight is 1890 g/mol. The van der Waals surface area contributed by atoms with E-state index in [1.165, 1.54) is 131 Å². The third kappa shape index (κ3) is 17.2. The van der Waals surface area contributed by atoms with Crippen molar-refractivity contribution in [3.8, 4) is 29.7 Å². The maximum Gasteiger partial charge on any atom is 0.240 e. The van der Waals surface area contributed by atoms with Crippen molar-refractivity contribution < 1.29 is 0 Å². The maximum absolute atomic E-state index is 5.02. The van der Waals surface area contributed by atoms with Gasteiger partial charge in [0.15, 0.2) is 0 Å². The highest BCUT2D eigenvalue weighted by atomic mass is 15.3. The van der Waals surface area contributed by atoms with E-state index < -0.39 is 0 Å². The Kier molecular flexibility index (Phi) is 24.6. The standard InChI is InChI=1S/C28H19N5.2C25H20B2.2C17H13N3.C16H12N4/c1-18-29-27(32-23-14-6-2-10-19(23)20-11-3-7-15-24(20)32)31-28(30-18)33-25-16-8-4-12-21(25)22-13-5-9-17-26(22)33;1-19-16-17-24-25(18-19)27(21-12-6-3-7-13-21)23-15-9-8-14-22(23)26(24)20-10-4-2-5-11-20;1-19-10-9-13-21(18-19)27-24-16-7-5-14-22(24)26(20-11-3-2-4-12-20)23-15-6-8-17-25(23)27;1-12-10-18-17(19-11-12)20-15-8-4-2-6-13(15)14-7-3-5-9-16(14)20;1-12-10-11-18-17(19-12)20-15-8-4-2-6-13(15)14-7-3-5-9-16(14)20;1-11-17-10-18-16(19-11)20-14-8-4-2-6-12(14)13-7-3-5-9-15(13)20/h2-17H,1H3;2*2-18H,1H3;2*2-11H,1H3;2-10H,1H3. The molecule has 0 unspecified atom stereocenters. The zero-order valence-corrected chi connectivity index (χ0v) is 82.1. The number of fused-ring (bicyclic) bond motifs is 19. The summed E-state index contributed by atoms with van der Waals surface area (Å²) in [5.74, 6) is 4.74. The van der Waals surface area contributed by atoms with Gasteiger partial charge in [-0.2, -0.15) is 19.9 Å². The van der Waals surface area contributed by atoms with Gasteiger partial charge in [-0.05, 0) is 114 Å². The van der Waals surface area contributed by atoms with Crippen LogP contribution >= 0.6 is 0 Å². The van der Waals surface area contributed by atoms with Gasteiger partial charge in [0, 0.05) is 78.1 Å². The third-order valence-corrected chi connectivity index (χ3v) is 28.3. The highest BCUT2D eigenvalue weighted by Crippen LogP contribution is 2.37. The van der Waals surface area contributed by atoms with Crippen LogP contribution < -0.4 is 65.6 Å². The van der Waals surface area contributed by atoms with Gasteiger partial charge in [-0.15, -0.1) is 0 Å². The number of aromatic nitrogens is 15. The van der Waals surface area contributed by atoms with Crippen LogP contribution in [0.25, 0.3) is 139 Å². The molecule has 15 nitrogen and oxygen atoms in total. The molecule has 0 amide bonds. The van der Waals surface area contributed by atoms with Gasteiger partial charge >= 0.3 is 0 Å². The van der Waals surface area contributed by atoms with Crippen LogP contribution in [-0.4, -0.2) is 99.5 Å². The van der Waals surface area contributed by atoms with Gasteiger partial charge in [0.25, 0.3) is 0 Å². The molecule has 147 heavy (non-hydrogen) atoms. The first-order valence-corrected chi connectivity index (χ1v) is 50.0. The van der Waals surface area contributed by atoms with Crippen molar-refractivity contribution in [1.29, 1.82) is 0 Å². The predicted octanol–water partition coefficient (Wildman–Crippen LogP) is 20.1. The van der Waals surface area contributed by atoms with Crippen molar-refractivity contribution >= 4 is 201 Å². The number of aryl methyl sites for hydroxylation is 6. The van der Waals surface area contributed by atoms with E-state index in [1.807, 2.05) is 82.6 Å². The Balaban J connectivity index is 0.0000000953. The van der Waals surface area contributed by atoms with E-state index in [4.69, 9.17) is 15.0 Å². The summed E-state index contributed by atoms with van der Waals surface area (Å²) in [4.78, 5) is 45.4. The molecular weight excluding hydrogens is 1790 g/mol. The normalized spacial score (nSPS) is 11.8. The van der Waals surface area contributed by atoms with Gasteiger partial charge in [-0.3, -0.25) is 22.8 Å². The molecule has 0 bridgehead atoms. The minimum Gasteiger partial charge on any atom is -0.278 e. The van der Waals surface area contributed by atoms with Crippen LogP contribution in [0.1, 0.15) is 34.0 Å². The first kappa shape index (κ1) is 90.9. The lowest BCUT2D eigenvalue weighted by molar-refractivity contribution is 0.855. The minimum atomic E-state index is 0.289. The Labute approximate surface area is 853 Å². The number of hydrogen-bond acceptors (Lipinski definition) is 10. The molecule has 0 atom stereocenters. The van der Waals surface area contributed by atoms with Crippen molar-refractivity contribution in [2.75, 3.05) is 0 Å². The molecule has 27 aromatic rings. The molecule has 0 saturated carbocycles. The smallest absolute Gasteiger partial charge is 0.240 e. The number of para-hydroxylation sites is 10. The number of nitrogens with zero attached hydrogens (tertiary/aromatic N) is 15. The summed E-state index contributed by atoms with van der Waals surface area (Å²) < 4.78 is 10.6. The fraction of sp³-hybridized carbons (Fsp3) is 0.0469. The zero-order valence-electron chi connectivity index (χ0n) is 82.1. The Morgan fingerprint density at radius 2 is 0.435 bits per heavy atom. The Hall–Kier alpha value is -18.6. The van der Waals surface area contributed by atoms with Crippen LogP contribution in [0, 0.1) is 41.5 Å². The van der Waals surface area contributed by atoms with E-state index in [0.29, 0.717) is 36.3 Å². The van der Waals surface area contributed by atoms with E-state index in [-0.39, 0.29) is 20.1 Å². The maximum atomic E-state index is 5.02. The summed E-state index contributed by atoms with van der Waals surface area (Å²) in [5, 5.41) is 12.1. The Morgan fingerprint density at radius 3 is 0.762 bits per heavy atom. The van der Waals surface area contributed by atoms with Crippen molar-refractivity contribution in [3.63, 3.8) is 0 Å². The quantitative estimate of drug-likeness (QED) is 0.128. The Bertz CT molecular complexity index is 8950. The van der Waals surface area contributed by atoms with Crippen LogP contribution in [0.5, 0.6) is 0 Å². The van der Waals surface area contributed by atoms with Crippen LogP contribution in [0.15, 0.2) is 480 Å². The highest BCUT2D eigenvalue weighted by Gasteiger charge is 2.40. The minimum absolute atomic E-state index is 0.289. The molecular formula is C128H97B4N15. The molecule has 29 rings (SSSR count). The van der Waals surface area contributed by atoms with Gasteiger partial charge in [0.05, 0.1) is 55.2 Å². The summed E-state index contributed by atoms with van der Waals surface area (Å²) in [6, 6.07) is 161. The lowest BCUT2D eigenvalue weighted by atomic mass is 9.21. The molecule has 0 radical (unpaired) electrons.